The molecule has 1 heterocycles. The molecule has 1 aromatic rings. The highest BCUT2D eigenvalue weighted by atomic mass is 19.1. The lowest BCUT2D eigenvalue weighted by molar-refractivity contribution is -0.123. The first kappa shape index (κ1) is 16.4. The Hall–Kier alpha value is -1.42. The highest BCUT2D eigenvalue weighted by Crippen LogP contribution is 2.42. The van der Waals surface area contributed by atoms with E-state index in [1.165, 1.54) is 25.0 Å². The summed E-state index contributed by atoms with van der Waals surface area (Å²) in [5, 5.41) is 3.16. The Labute approximate surface area is 138 Å². The van der Waals surface area contributed by atoms with Gasteiger partial charge < -0.3 is 5.32 Å². The average Bonchev–Trinajstić information content (AvgIpc) is 3.18. The van der Waals surface area contributed by atoms with Crippen LogP contribution in [-0.2, 0) is 4.79 Å². The zero-order valence-electron chi connectivity index (χ0n) is 14.1. The Bertz CT molecular complexity index is 545. The summed E-state index contributed by atoms with van der Waals surface area (Å²) in [5.74, 6) is 0.116. The summed E-state index contributed by atoms with van der Waals surface area (Å²) in [5.41, 5.74) is 0.925. The maximum atomic E-state index is 13.1. The number of carbonyl (C=O) groups excluding carboxylic acids is 1. The molecule has 2 aliphatic rings. The van der Waals surface area contributed by atoms with Gasteiger partial charge in [0.05, 0.1) is 5.92 Å². The van der Waals surface area contributed by atoms with Crippen LogP contribution in [0.1, 0.15) is 51.0 Å². The third-order valence-corrected chi connectivity index (χ3v) is 5.26. The maximum Gasteiger partial charge on any atom is 0.227 e. The Kier molecular flexibility index (Phi) is 4.72. The van der Waals surface area contributed by atoms with Crippen LogP contribution in [0.25, 0.3) is 0 Å². The Morgan fingerprint density at radius 2 is 1.87 bits per heavy atom. The normalized spacial score (nSPS) is 20.5. The van der Waals surface area contributed by atoms with Crippen LogP contribution < -0.4 is 5.32 Å². The molecule has 2 fully saturated rings. The third-order valence-electron chi connectivity index (χ3n) is 5.26. The van der Waals surface area contributed by atoms with Gasteiger partial charge in [-0.2, -0.15) is 0 Å². The van der Waals surface area contributed by atoms with Crippen molar-refractivity contribution in [1.82, 2.24) is 10.2 Å². The molecule has 0 spiro atoms. The van der Waals surface area contributed by atoms with Crippen molar-refractivity contribution in [2.24, 2.45) is 5.92 Å². The van der Waals surface area contributed by atoms with Crippen molar-refractivity contribution in [2.45, 2.75) is 51.0 Å². The molecule has 23 heavy (non-hydrogen) atoms. The van der Waals surface area contributed by atoms with Crippen LogP contribution in [0.5, 0.6) is 0 Å². The molecule has 1 N–H and O–H groups in total. The van der Waals surface area contributed by atoms with Gasteiger partial charge in [-0.3, -0.25) is 9.69 Å². The predicted octanol–water partition coefficient (Wildman–Crippen LogP) is 3.31. The molecule has 0 radical (unpaired) electrons. The number of nitrogens with one attached hydrogen (secondary N) is 1. The van der Waals surface area contributed by atoms with E-state index in [2.05, 4.69) is 24.1 Å². The van der Waals surface area contributed by atoms with Crippen LogP contribution in [0.3, 0.4) is 0 Å². The minimum absolute atomic E-state index is 0.0109. The first-order valence-electron chi connectivity index (χ1n) is 8.75. The van der Waals surface area contributed by atoms with Gasteiger partial charge in [-0.15, -0.1) is 0 Å². The summed E-state index contributed by atoms with van der Waals surface area (Å²) in [7, 11) is 0. The lowest BCUT2D eigenvalue weighted by atomic mass is 9.92. The Balaban J connectivity index is 1.64. The number of nitrogens with zero attached hydrogens (tertiary/aromatic N) is 1. The molecule has 4 heteroatoms. The van der Waals surface area contributed by atoms with Crippen molar-refractivity contribution in [2.75, 3.05) is 19.6 Å². The van der Waals surface area contributed by atoms with Crippen LogP contribution >= 0.6 is 0 Å². The summed E-state index contributed by atoms with van der Waals surface area (Å²) in [6.45, 7) is 7.29. The molecule has 0 bridgehead atoms. The van der Waals surface area contributed by atoms with Crippen LogP contribution in [0.4, 0.5) is 4.39 Å². The van der Waals surface area contributed by atoms with Gasteiger partial charge >= 0.3 is 0 Å². The number of likely N-dealkylation sites (tertiary alicyclic amines) is 1. The van der Waals surface area contributed by atoms with Crippen LogP contribution in [-0.4, -0.2) is 36.0 Å². The van der Waals surface area contributed by atoms with E-state index < -0.39 is 0 Å². The molecule has 3 rings (SSSR count). The second-order valence-electron chi connectivity index (χ2n) is 7.59. The summed E-state index contributed by atoms with van der Waals surface area (Å²) >= 11 is 0. The number of carbonyl (C=O) groups is 1. The monoisotopic (exact) mass is 318 g/mol. The van der Waals surface area contributed by atoms with Gasteiger partial charge in [0.1, 0.15) is 5.82 Å². The molecule has 1 saturated carbocycles. The molecular weight excluding hydrogens is 291 g/mol. The minimum atomic E-state index is -0.251. The number of amides is 1. The van der Waals surface area contributed by atoms with Gasteiger partial charge in [-0.05, 0) is 76.2 Å². The number of benzene rings is 1. The molecule has 3 nitrogen and oxygen atoms in total. The van der Waals surface area contributed by atoms with Crippen molar-refractivity contribution >= 4 is 5.91 Å². The summed E-state index contributed by atoms with van der Waals surface area (Å²) < 4.78 is 13.1. The van der Waals surface area contributed by atoms with Gasteiger partial charge in [0.15, 0.2) is 0 Å². The van der Waals surface area contributed by atoms with E-state index in [1.54, 1.807) is 12.1 Å². The van der Waals surface area contributed by atoms with Crippen molar-refractivity contribution < 1.29 is 9.18 Å². The highest BCUT2D eigenvalue weighted by Gasteiger charge is 2.38. The largest absolute Gasteiger partial charge is 0.354 e. The molecule has 1 aliphatic carbocycles. The molecule has 1 amide bonds. The lowest BCUT2D eigenvalue weighted by Gasteiger charge is -2.36. The minimum Gasteiger partial charge on any atom is -0.354 e. The first-order valence-corrected chi connectivity index (χ1v) is 8.75. The van der Waals surface area contributed by atoms with Crippen molar-refractivity contribution in [3.63, 3.8) is 0 Å². The summed E-state index contributed by atoms with van der Waals surface area (Å²) in [6, 6.07) is 6.41. The summed E-state index contributed by atoms with van der Waals surface area (Å²) in [6.07, 6.45) is 4.67. The Morgan fingerprint density at radius 3 is 2.43 bits per heavy atom. The number of hydrogen-bond donors (Lipinski definition) is 1. The number of halogens is 1. The smallest absolute Gasteiger partial charge is 0.227 e. The molecule has 1 aromatic carbocycles. The molecule has 1 aliphatic heterocycles. The van der Waals surface area contributed by atoms with Gasteiger partial charge in [0.25, 0.3) is 0 Å². The van der Waals surface area contributed by atoms with E-state index in [9.17, 15) is 9.18 Å². The Morgan fingerprint density at radius 1 is 1.26 bits per heavy atom. The fraction of sp³-hybridized carbons (Fsp3) is 0.632. The van der Waals surface area contributed by atoms with Crippen LogP contribution in [0.2, 0.25) is 0 Å². The second kappa shape index (κ2) is 6.60. The van der Waals surface area contributed by atoms with E-state index >= 15 is 0 Å². The fourth-order valence-corrected chi connectivity index (χ4v) is 3.58. The van der Waals surface area contributed by atoms with E-state index in [-0.39, 0.29) is 23.2 Å². The lowest BCUT2D eigenvalue weighted by Crippen LogP contribution is -2.51. The van der Waals surface area contributed by atoms with Crippen molar-refractivity contribution in [3.8, 4) is 0 Å². The van der Waals surface area contributed by atoms with E-state index in [1.807, 2.05) is 0 Å². The highest BCUT2D eigenvalue weighted by molar-refractivity contribution is 5.84. The molecule has 1 atom stereocenters. The van der Waals surface area contributed by atoms with Gasteiger partial charge in [-0.25, -0.2) is 4.39 Å². The van der Waals surface area contributed by atoms with Gasteiger partial charge in [-0.1, -0.05) is 12.1 Å². The van der Waals surface area contributed by atoms with Crippen molar-refractivity contribution in [1.29, 1.82) is 0 Å². The third kappa shape index (κ3) is 3.92. The van der Waals surface area contributed by atoms with Crippen LogP contribution in [0, 0.1) is 11.7 Å². The SMILES string of the molecule is CC(C)(CNC(=O)C(c1ccc(F)cc1)C1CC1)N1CCCC1. The van der Waals surface area contributed by atoms with E-state index in [4.69, 9.17) is 0 Å². The zero-order chi connectivity index (χ0) is 16.4. The topological polar surface area (TPSA) is 32.3 Å². The molecule has 126 valence electrons. The maximum absolute atomic E-state index is 13.1. The van der Waals surface area contributed by atoms with E-state index in [0.29, 0.717) is 12.5 Å². The molecule has 0 aromatic heterocycles. The second-order valence-corrected chi connectivity index (χ2v) is 7.59. The van der Waals surface area contributed by atoms with Gasteiger partial charge in [0, 0.05) is 12.1 Å². The van der Waals surface area contributed by atoms with Gasteiger partial charge in [0.2, 0.25) is 5.91 Å². The predicted molar refractivity (Wildman–Crippen MR) is 89.8 cm³/mol. The molecule has 1 unspecified atom stereocenters. The summed E-state index contributed by atoms with van der Waals surface area (Å²) in [4.78, 5) is 15.2. The quantitative estimate of drug-likeness (QED) is 0.873. The number of rotatable bonds is 6. The zero-order valence-corrected chi connectivity index (χ0v) is 14.1. The van der Waals surface area contributed by atoms with Crippen LogP contribution in [0.15, 0.2) is 24.3 Å². The average molecular weight is 318 g/mol. The fourth-order valence-electron chi connectivity index (χ4n) is 3.58. The standard InChI is InChI=1S/C19H27FN2O/c1-19(2,22-11-3-4-12-22)13-21-18(23)17(14-5-6-14)15-7-9-16(20)10-8-15/h7-10,14,17H,3-6,11-13H2,1-2H3,(H,21,23). The first-order chi connectivity index (χ1) is 11.0. The number of hydrogen-bond acceptors (Lipinski definition) is 2. The van der Waals surface area contributed by atoms with Crippen molar-refractivity contribution in [3.05, 3.63) is 35.6 Å². The van der Waals surface area contributed by atoms with E-state index in [0.717, 1.165) is 31.5 Å². The molecule has 1 saturated heterocycles. The molecular formula is C19H27FN2O.